The molecule has 1 rings (SSSR count). The number of hydrogen-bond acceptors (Lipinski definition) is 1. The number of alkyl halides is 1. The molecule has 0 heterocycles. The summed E-state index contributed by atoms with van der Waals surface area (Å²) in [6.45, 7) is 0.215. The topological polar surface area (TPSA) is 26.0 Å². The van der Waals surface area contributed by atoms with Gasteiger partial charge in [-0.2, -0.15) is 0 Å². The van der Waals surface area contributed by atoms with Gasteiger partial charge >= 0.3 is 0 Å². The highest BCUT2D eigenvalue weighted by atomic mass is 19.1. The Morgan fingerprint density at radius 1 is 1.38 bits per heavy atom. The molecule has 0 radical (unpaired) electrons. The highest BCUT2D eigenvalue weighted by molar-refractivity contribution is 4.85. The van der Waals surface area contributed by atoms with E-state index in [4.69, 9.17) is 5.73 Å². The van der Waals surface area contributed by atoms with Gasteiger partial charge in [-0.3, -0.25) is 0 Å². The maximum absolute atomic E-state index is 12.9. The first-order valence-electron chi connectivity index (χ1n) is 3.16. The number of rotatable bonds is 1. The molecule has 0 aliphatic heterocycles. The van der Waals surface area contributed by atoms with Crippen molar-refractivity contribution in [2.24, 2.45) is 5.73 Å². The van der Waals surface area contributed by atoms with Gasteiger partial charge in [-0.05, 0) is 12.8 Å². The van der Waals surface area contributed by atoms with Crippen molar-refractivity contribution in [1.29, 1.82) is 0 Å². The Kier molecular flexibility index (Phi) is 1.52. The highest BCUT2D eigenvalue weighted by Crippen LogP contribution is 2.31. The molecule has 48 valence electrons. The van der Waals surface area contributed by atoms with Gasteiger partial charge in [0.05, 0.1) is 0 Å². The highest BCUT2D eigenvalue weighted by Gasteiger charge is 2.31. The summed E-state index contributed by atoms with van der Waals surface area (Å²) in [4.78, 5) is 0. The standard InChI is InChI=1S/C6H12FN/c7-6(5-8)3-1-2-4-6/h1-5,8H2. The van der Waals surface area contributed by atoms with Crippen molar-refractivity contribution in [2.45, 2.75) is 31.4 Å². The lowest BCUT2D eigenvalue weighted by Gasteiger charge is -2.14. The van der Waals surface area contributed by atoms with E-state index in [2.05, 4.69) is 0 Å². The summed E-state index contributed by atoms with van der Waals surface area (Å²) < 4.78 is 12.9. The minimum atomic E-state index is -0.986. The first kappa shape index (κ1) is 6.02. The SMILES string of the molecule is NCC1(F)CCCC1. The van der Waals surface area contributed by atoms with Crippen molar-refractivity contribution >= 4 is 0 Å². The molecule has 1 fully saturated rings. The van der Waals surface area contributed by atoms with Crippen LogP contribution in [0.2, 0.25) is 0 Å². The summed E-state index contributed by atoms with van der Waals surface area (Å²) in [5, 5.41) is 0. The van der Waals surface area contributed by atoms with Gasteiger partial charge in [-0.15, -0.1) is 0 Å². The van der Waals surface area contributed by atoms with E-state index in [1.54, 1.807) is 0 Å². The van der Waals surface area contributed by atoms with Crippen LogP contribution in [0.1, 0.15) is 25.7 Å². The van der Waals surface area contributed by atoms with E-state index in [9.17, 15) is 4.39 Å². The van der Waals surface area contributed by atoms with Gasteiger partial charge in [0.15, 0.2) is 0 Å². The quantitative estimate of drug-likeness (QED) is 0.549. The van der Waals surface area contributed by atoms with Gasteiger partial charge in [0.2, 0.25) is 0 Å². The molecule has 0 atom stereocenters. The number of halogens is 1. The summed E-state index contributed by atoms with van der Waals surface area (Å²) in [6, 6.07) is 0. The zero-order chi connectivity index (χ0) is 6.04. The molecule has 2 heteroatoms. The second-order valence-electron chi connectivity index (χ2n) is 2.56. The van der Waals surface area contributed by atoms with E-state index in [1.807, 2.05) is 0 Å². The molecule has 2 N–H and O–H groups in total. The van der Waals surface area contributed by atoms with Crippen LogP contribution in [0.4, 0.5) is 4.39 Å². The lowest BCUT2D eigenvalue weighted by atomic mass is 10.1. The molecule has 0 bridgehead atoms. The molecule has 1 saturated carbocycles. The molecule has 0 saturated heterocycles. The molecule has 0 spiro atoms. The Balaban J connectivity index is 2.40. The average Bonchev–Trinajstić information content (AvgIpc) is 2.17. The molecule has 0 aromatic rings. The van der Waals surface area contributed by atoms with Crippen LogP contribution in [0.5, 0.6) is 0 Å². The summed E-state index contributed by atoms with van der Waals surface area (Å²) >= 11 is 0. The summed E-state index contributed by atoms with van der Waals surface area (Å²) in [5.41, 5.74) is 4.21. The lowest BCUT2D eigenvalue weighted by molar-refractivity contribution is 0.183. The molecule has 0 aromatic carbocycles. The third-order valence-corrected chi connectivity index (χ3v) is 1.87. The normalized spacial score (nSPS) is 26.2. The van der Waals surface area contributed by atoms with E-state index in [0.717, 1.165) is 12.8 Å². The zero-order valence-corrected chi connectivity index (χ0v) is 4.99. The predicted octanol–water partition coefficient (Wildman–Crippen LogP) is 1.23. The molecule has 8 heavy (non-hydrogen) atoms. The second-order valence-corrected chi connectivity index (χ2v) is 2.56. The Bertz CT molecular complexity index is 76.6. The van der Waals surface area contributed by atoms with Crippen molar-refractivity contribution in [3.63, 3.8) is 0 Å². The predicted molar refractivity (Wildman–Crippen MR) is 31.4 cm³/mol. The first-order chi connectivity index (χ1) is 3.77. The van der Waals surface area contributed by atoms with Crippen LogP contribution in [-0.4, -0.2) is 12.2 Å². The Morgan fingerprint density at radius 3 is 2.12 bits per heavy atom. The first-order valence-corrected chi connectivity index (χ1v) is 3.16. The Morgan fingerprint density at radius 2 is 1.88 bits per heavy atom. The lowest BCUT2D eigenvalue weighted by Crippen LogP contribution is -2.28. The summed E-state index contributed by atoms with van der Waals surface area (Å²) in [6.07, 6.45) is 3.41. The van der Waals surface area contributed by atoms with Gasteiger partial charge in [0.25, 0.3) is 0 Å². The van der Waals surface area contributed by atoms with Crippen LogP contribution < -0.4 is 5.73 Å². The second kappa shape index (κ2) is 2.02. The average molecular weight is 117 g/mol. The maximum Gasteiger partial charge on any atom is 0.123 e. The summed E-state index contributed by atoms with van der Waals surface area (Å²) in [5.74, 6) is 0. The van der Waals surface area contributed by atoms with Gasteiger partial charge in [0, 0.05) is 6.54 Å². The monoisotopic (exact) mass is 117 g/mol. The van der Waals surface area contributed by atoms with E-state index in [0.29, 0.717) is 12.8 Å². The number of nitrogens with two attached hydrogens (primary N) is 1. The minimum absolute atomic E-state index is 0.215. The van der Waals surface area contributed by atoms with Crippen molar-refractivity contribution in [2.75, 3.05) is 6.54 Å². The fourth-order valence-electron chi connectivity index (χ4n) is 1.21. The van der Waals surface area contributed by atoms with Crippen molar-refractivity contribution in [3.05, 3.63) is 0 Å². The van der Waals surface area contributed by atoms with Gasteiger partial charge in [-0.1, -0.05) is 12.8 Å². The van der Waals surface area contributed by atoms with Crippen LogP contribution in [-0.2, 0) is 0 Å². The van der Waals surface area contributed by atoms with E-state index in [1.165, 1.54) is 0 Å². The molecular formula is C6H12FN. The fourth-order valence-corrected chi connectivity index (χ4v) is 1.21. The van der Waals surface area contributed by atoms with Crippen molar-refractivity contribution in [3.8, 4) is 0 Å². The van der Waals surface area contributed by atoms with Gasteiger partial charge in [0.1, 0.15) is 5.67 Å². The van der Waals surface area contributed by atoms with E-state index >= 15 is 0 Å². The third-order valence-electron chi connectivity index (χ3n) is 1.87. The molecular weight excluding hydrogens is 105 g/mol. The van der Waals surface area contributed by atoms with Crippen LogP contribution >= 0.6 is 0 Å². The van der Waals surface area contributed by atoms with Crippen molar-refractivity contribution in [1.82, 2.24) is 0 Å². The molecule has 0 aromatic heterocycles. The van der Waals surface area contributed by atoms with Crippen LogP contribution in [0.15, 0.2) is 0 Å². The molecule has 1 aliphatic rings. The molecule has 0 amide bonds. The third kappa shape index (κ3) is 0.996. The van der Waals surface area contributed by atoms with Gasteiger partial charge < -0.3 is 5.73 Å². The Labute approximate surface area is 49.1 Å². The Hall–Kier alpha value is -0.110. The molecule has 1 aliphatic carbocycles. The van der Waals surface area contributed by atoms with Gasteiger partial charge in [-0.25, -0.2) is 4.39 Å². The van der Waals surface area contributed by atoms with Crippen LogP contribution in [0.25, 0.3) is 0 Å². The number of hydrogen-bond donors (Lipinski definition) is 1. The van der Waals surface area contributed by atoms with Crippen molar-refractivity contribution < 1.29 is 4.39 Å². The largest absolute Gasteiger partial charge is 0.328 e. The minimum Gasteiger partial charge on any atom is -0.328 e. The molecule has 0 unspecified atom stereocenters. The zero-order valence-electron chi connectivity index (χ0n) is 4.99. The van der Waals surface area contributed by atoms with Crippen LogP contribution in [0, 0.1) is 0 Å². The van der Waals surface area contributed by atoms with E-state index in [-0.39, 0.29) is 6.54 Å². The smallest absolute Gasteiger partial charge is 0.123 e. The van der Waals surface area contributed by atoms with Crippen LogP contribution in [0.3, 0.4) is 0 Å². The summed E-state index contributed by atoms with van der Waals surface area (Å²) in [7, 11) is 0. The fraction of sp³-hybridized carbons (Fsp3) is 1.00. The van der Waals surface area contributed by atoms with E-state index < -0.39 is 5.67 Å². The maximum atomic E-state index is 12.9. The molecule has 1 nitrogen and oxygen atoms in total.